The number of hydrogen-bond acceptors (Lipinski definition) is 6. The Labute approximate surface area is 203 Å². The molecule has 1 aromatic carbocycles. The van der Waals surface area contributed by atoms with Gasteiger partial charge in [0.25, 0.3) is 0 Å². The number of nitrogens with zero attached hydrogens (tertiary/aromatic N) is 4. The van der Waals surface area contributed by atoms with Gasteiger partial charge in [-0.15, -0.1) is 11.6 Å². The number of methoxy groups -OCH3 is 1. The lowest BCUT2D eigenvalue weighted by atomic mass is 10.1. The summed E-state index contributed by atoms with van der Waals surface area (Å²) in [4.78, 5) is 19.1. The van der Waals surface area contributed by atoms with Crippen LogP contribution in [0.5, 0.6) is 5.75 Å². The Hall–Kier alpha value is -1.55. The van der Waals surface area contributed by atoms with Crippen LogP contribution in [0.1, 0.15) is 32.6 Å². The number of unbranched alkanes of at least 4 members (excludes halogenated alkanes) is 2. The zero-order valence-electron chi connectivity index (χ0n) is 19.8. The van der Waals surface area contributed by atoms with Gasteiger partial charge in [-0.1, -0.05) is 13.3 Å². The van der Waals surface area contributed by atoms with Crippen LogP contribution < -0.4 is 9.64 Å². The molecule has 2 fully saturated rings. The molecular weight excluding hydrogens is 464 g/mol. The fraction of sp³-hybridized carbons (Fsp3) is 0.696. The maximum Gasteiger partial charge on any atom is 0.243 e. The van der Waals surface area contributed by atoms with E-state index in [2.05, 4.69) is 16.7 Å². The first-order valence-electron chi connectivity index (χ1n) is 11.9. The van der Waals surface area contributed by atoms with Crippen molar-refractivity contribution in [3.63, 3.8) is 0 Å². The molecular formula is C23H37ClN4O4S. The standard InChI is InChI=1S/C23H37ClN4O4S/c1-3-25-11-17-28(18-12-25)33(30,31)20-8-9-22(32-2)21(19-20)26-13-15-27(16-14-26)23(29)7-5-4-6-10-24/h8-9,19H,3-7,10-18H2,1-2H3. The van der Waals surface area contributed by atoms with Gasteiger partial charge in [0, 0.05) is 64.7 Å². The molecule has 0 aliphatic carbocycles. The Morgan fingerprint density at radius 1 is 1.00 bits per heavy atom. The van der Waals surface area contributed by atoms with Crippen LogP contribution in [0.25, 0.3) is 0 Å². The Balaban J connectivity index is 1.66. The third kappa shape index (κ3) is 6.53. The first-order chi connectivity index (χ1) is 15.9. The van der Waals surface area contributed by atoms with Crippen LogP contribution in [0.3, 0.4) is 0 Å². The van der Waals surface area contributed by atoms with Crippen LogP contribution in [0.4, 0.5) is 5.69 Å². The second-order valence-electron chi connectivity index (χ2n) is 8.54. The van der Waals surface area contributed by atoms with Gasteiger partial charge in [0.1, 0.15) is 5.75 Å². The third-order valence-corrected chi connectivity index (χ3v) is 8.73. The molecule has 0 saturated carbocycles. The van der Waals surface area contributed by atoms with Gasteiger partial charge in [-0.05, 0) is 37.6 Å². The summed E-state index contributed by atoms with van der Waals surface area (Å²) in [6.45, 7) is 8.05. The number of rotatable bonds is 10. The number of carbonyl (C=O) groups is 1. The van der Waals surface area contributed by atoms with Crippen molar-refractivity contribution in [3.8, 4) is 5.75 Å². The molecule has 0 radical (unpaired) electrons. The zero-order chi connectivity index (χ0) is 23.8. The number of ether oxygens (including phenoxy) is 1. The molecule has 0 N–H and O–H groups in total. The van der Waals surface area contributed by atoms with E-state index in [0.29, 0.717) is 62.2 Å². The lowest BCUT2D eigenvalue weighted by Gasteiger charge is -2.37. The van der Waals surface area contributed by atoms with Crippen molar-refractivity contribution >= 4 is 33.2 Å². The molecule has 2 heterocycles. The second kappa shape index (κ2) is 12.2. The van der Waals surface area contributed by atoms with E-state index in [1.807, 2.05) is 4.90 Å². The number of likely N-dealkylation sites (N-methyl/N-ethyl adjacent to an activating group) is 1. The molecule has 0 atom stereocenters. The van der Waals surface area contributed by atoms with E-state index >= 15 is 0 Å². The highest BCUT2D eigenvalue weighted by Crippen LogP contribution is 2.33. The topological polar surface area (TPSA) is 73.4 Å². The molecule has 0 aromatic heterocycles. The maximum absolute atomic E-state index is 13.3. The number of benzene rings is 1. The predicted molar refractivity (Wildman–Crippen MR) is 132 cm³/mol. The quantitative estimate of drug-likeness (QED) is 0.363. The summed E-state index contributed by atoms with van der Waals surface area (Å²) in [7, 11) is -1.97. The van der Waals surface area contributed by atoms with Crippen molar-refractivity contribution in [2.45, 2.75) is 37.5 Å². The van der Waals surface area contributed by atoms with E-state index in [9.17, 15) is 13.2 Å². The fourth-order valence-corrected chi connectivity index (χ4v) is 6.05. The number of anilines is 1. The van der Waals surface area contributed by atoms with E-state index in [0.717, 1.165) is 44.6 Å². The van der Waals surface area contributed by atoms with Crippen molar-refractivity contribution in [1.82, 2.24) is 14.1 Å². The van der Waals surface area contributed by atoms with Crippen LogP contribution in [0.2, 0.25) is 0 Å². The number of halogens is 1. The van der Waals surface area contributed by atoms with Crippen molar-refractivity contribution in [3.05, 3.63) is 18.2 Å². The smallest absolute Gasteiger partial charge is 0.243 e. The van der Waals surface area contributed by atoms with Gasteiger partial charge in [0.15, 0.2) is 0 Å². The first kappa shape index (κ1) is 26.1. The minimum Gasteiger partial charge on any atom is -0.495 e. The molecule has 1 amide bonds. The Kier molecular flexibility index (Phi) is 9.67. The van der Waals surface area contributed by atoms with E-state index in [1.165, 1.54) is 0 Å². The van der Waals surface area contributed by atoms with E-state index in [1.54, 1.807) is 29.6 Å². The fourth-order valence-electron chi connectivity index (χ4n) is 4.41. The largest absolute Gasteiger partial charge is 0.495 e. The van der Waals surface area contributed by atoms with Crippen LogP contribution in [0.15, 0.2) is 23.1 Å². The molecule has 2 saturated heterocycles. The summed E-state index contributed by atoms with van der Waals surface area (Å²) < 4.78 is 33.7. The number of sulfonamides is 1. The predicted octanol–water partition coefficient (Wildman–Crippen LogP) is 2.47. The normalized spacial score (nSPS) is 18.5. The molecule has 0 unspecified atom stereocenters. The average Bonchev–Trinajstić information content (AvgIpc) is 2.86. The molecule has 2 aliphatic rings. The molecule has 0 bridgehead atoms. The molecule has 2 aliphatic heterocycles. The monoisotopic (exact) mass is 500 g/mol. The van der Waals surface area contributed by atoms with Crippen molar-refractivity contribution < 1.29 is 17.9 Å². The lowest BCUT2D eigenvalue weighted by molar-refractivity contribution is -0.131. The number of amides is 1. The van der Waals surface area contributed by atoms with Crippen LogP contribution in [-0.2, 0) is 14.8 Å². The first-order valence-corrected chi connectivity index (χ1v) is 13.9. The second-order valence-corrected chi connectivity index (χ2v) is 10.9. The number of piperazine rings is 2. The third-order valence-electron chi connectivity index (χ3n) is 6.56. The number of carbonyl (C=O) groups excluding carboxylic acids is 1. The zero-order valence-corrected chi connectivity index (χ0v) is 21.4. The van der Waals surface area contributed by atoms with Crippen LogP contribution in [-0.4, -0.2) is 100 Å². The molecule has 3 rings (SSSR count). The van der Waals surface area contributed by atoms with E-state index in [-0.39, 0.29) is 5.91 Å². The van der Waals surface area contributed by atoms with Crippen LogP contribution in [0, 0.1) is 0 Å². The summed E-state index contributed by atoms with van der Waals surface area (Å²) in [5.41, 5.74) is 0.764. The summed E-state index contributed by atoms with van der Waals surface area (Å²) in [6, 6.07) is 5.09. The van der Waals surface area contributed by atoms with E-state index < -0.39 is 10.0 Å². The lowest BCUT2D eigenvalue weighted by Crippen LogP contribution is -2.49. The summed E-state index contributed by atoms with van der Waals surface area (Å²) in [5.74, 6) is 1.46. The molecule has 186 valence electrons. The van der Waals surface area contributed by atoms with Gasteiger partial charge >= 0.3 is 0 Å². The van der Waals surface area contributed by atoms with Gasteiger partial charge in [-0.3, -0.25) is 4.79 Å². The molecule has 1 aromatic rings. The summed E-state index contributed by atoms with van der Waals surface area (Å²) >= 11 is 5.71. The van der Waals surface area contributed by atoms with E-state index in [4.69, 9.17) is 16.3 Å². The van der Waals surface area contributed by atoms with Crippen LogP contribution >= 0.6 is 11.6 Å². The van der Waals surface area contributed by atoms with Gasteiger partial charge in [0.05, 0.1) is 17.7 Å². The Bertz CT molecular complexity index is 882. The molecule has 8 nitrogen and oxygen atoms in total. The van der Waals surface area contributed by atoms with Gasteiger partial charge in [0.2, 0.25) is 15.9 Å². The van der Waals surface area contributed by atoms with Crippen molar-refractivity contribution in [1.29, 1.82) is 0 Å². The average molecular weight is 501 g/mol. The Morgan fingerprint density at radius 3 is 2.30 bits per heavy atom. The van der Waals surface area contributed by atoms with Gasteiger partial charge in [-0.2, -0.15) is 4.31 Å². The van der Waals surface area contributed by atoms with Crippen molar-refractivity contribution in [2.24, 2.45) is 0 Å². The number of alkyl halides is 1. The summed E-state index contributed by atoms with van der Waals surface area (Å²) in [6.07, 6.45) is 3.34. The SMILES string of the molecule is CCN1CCN(S(=O)(=O)c2ccc(OC)c(N3CCN(C(=O)CCCCCCl)CC3)c2)CC1. The Morgan fingerprint density at radius 2 is 1.70 bits per heavy atom. The maximum atomic E-state index is 13.3. The highest BCUT2D eigenvalue weighted by molar-refractivity contribution is 7.89. The summed E-state index contributed by atoms with van der Waals surface area (Å²) in [5, 5.41) is 0. The van der Waals surface area contributed by atoms with Crippen molar-refractivity contribution in [2.75, 3.05) is 76.8 Å². The highest BCUT2D eigenvalue weighted by Gasteiger charge is 2.30. The van der Waals surface area contributed by atoms with Gasteiger partial charge in [-0.25, -0.2) is 8.42 Å². The minimum absolute atomic E-state index is 0.179. The van der Waals surface area contributed by atoms with Gasteiger partial charge < -0.3 is 19.4 Å². The molecule has 33 heavy (non-hydrogen) atoms. The minimum atomic E-state index is -3.57. The highest BCUT2D eigenvalue weighted by atomic mass is 35.5. The molecule has 10 heteroatoms. The number of hydrogen-bond donors (Lipinski definition) is 0. The molecule has 0 spiro atoms.